The summed E-state index contributed by atoms with van der Waals surface area (Å²) in [5.74, 6) is -17.4. The highest BCUT2D eigenvalue weighted by Crippen LogP contribution is 2.17. The van der Waals surface area contributed by atoms with Gasteiger partial charge >= 0.3 is 5.97 Å². The number of hydrogen-bond acceptors (Lipinski definition) is 19. The molecule has 25 N–H and O–H groups in total. The summed E-state index contributed by atoms with van der Waals surface area (Å²) in [4.78, 5) is 215. The van der Waals surface area contributed by atoms with Gasteiger partial charge in [0.1, 0.15) is 66.5 Å². The van der Waals surface area contributed by atoms with Crippen LogP contribution in [0.2, 0.25) is 0 Å². The molecule has 0 saturated heterocycles. The number of nitrogens with one attached hydrogen (secondary N) is 12. The lowest BCUT2D eigenvalue weighted by Gasteiger charge is -2.31. The van der Waals surface area contributed by atoms with Crippen molar-refractivity contribution in [3.05, 3.63) is 0 Å². The highest BCUT2D eigenvalue weighted by Gasteiger charge is 2.39. The minimum atomic E-state index is -1.80. The molecular formula is C64H116N18O17. The van der Waals surface area contributed by atoms with Gasteiger partial charge in [-0.3, -0.25) is 76.7 Å². The van der Waals surface area contributed by atoms with Crippen LogP contribution in [0.25, 0.3) is 0 Å². The van der Waals surface area contributed by atoms with Crippen molar-refractivity contribution in [2.45, 2.75) is 252 Å². The number of primary amides is 3. The Bertz CT molecular complexity index is 2700. The average molecular weight is 1410 g/mol. The van der Waals surface area contributed by atoms with Gasteiger partial charge in [0.25, 0.3) is 0 Å². The van der Waals surface area contributed by atoms with Crippen LogP contribution in [0.15, 0.2) is 0 Å². The summed E-state index contributed by atoms with van der Waals surface area (Å²) >= 11 is 0. The number of unbranched alkanes of at least 4 members (excludes halogenated alkanes) is 3. The van der Waals surface area contributed by atoms with E-state index < -0.39 is 205 Å². The first-order valence-corrected chi connectivity index (χ1v) is 34.1. The number of carboxylic acids is 1. The molecule has 0 aromatic carbocycles. The van der Waals surface area contributed by atoms with Gasteiger partial charge in [-0.25, -0.2) is 0 Å². The van der Waals surface area contributed by atoms with Gasteiger partial charge in [0, 0.05) is 13.3 Å². The third kappa shape index (κ3) is 36.7. The summed E-state index contributed by atoms with van der Waals surface area (Å²) in [7, 11) is 0. The molecule has 564 valence electrons. The molecule has 0 spiro atoms. The van der Waals surface area contributed by atoms with E-state index in [1.165, 1.54) is 6.92 Å². The molecule has 0 unspecified atom stereocenters. The third-order valence-electron chi connectivity index (χ3n) is 16.2. The van der Waals surface area contributed by atoms with Crippen LogP contribution in [-0.2, 0) is 76.7 Å². The fourth-order valence-corrected chi connectivity index (χ4v) is 10.1. The van der Waals surface area contributed by atoms with Gasteiger partial charge in [0.05, 0.1) is 19.4 Å². The van der Waals surface area contributed by atoms with Crippen molar-refractivity contribution < 1.29 is 81.8 Å². The molecule has 15 amide bonds. The first-order valence-electron chi connectivity index (χ1n) is 34.1. The van der Waals surface area contributed by atoms with E-state index in [-0.39, 0.29) is 95.7 Å². The van der Waals surface area contributed by atoms with Crippen molar-refractivity contribution in [3.63, 3.8) is 0 Å². The molecule has 0 fully saturated rings. The Kier molecular flexibility index (Phi) is 44.0. The summed E-state index contributed by atoms with van der Waals surface area (Å²) < 4.78 is 0. The van der Waals surface area contributed by atoms with Crippen molar-refractivity contribution in [1.82, 2.24) is 63.8 Å². The largest absolute Gasteiger partial charge is 0.481 e. The monoisotopic (exact) mass is 1410 g/mol. The number of hydrogen-bond donors (Lipinski definition) is 19. The van der Waals surface area contributed by atoms with E-state index in [4.69, 9.17) is 34.4 Å². The van der Waals surface area contributed by atoms with Crippen LogP contribution in [-0.4, -0.2) is 192 Å². The molecule has 0 aliphatic rings. The maximum absolute atomic E-state index is 14.6. The third-order valence-corrected chi connectivity index (χ3v) is 16.2. The Morgan fingerprint density at radius 1 is 0.364 bits per heavy atom. The normalized spacial score (nSPS) is 15.2. The first-order chi connectivity index (χ1) is 46.4. The second-order valence-electron chi connectivity index (χ2n) is 26.2. The minimum absolute atomic E-state index is 0.0545. The lowest BCUT2D eigenvalue weighted by molar-refractivity contribution is -0.141. The SMILES string of the molecule is CC[C@H](C)[C@H](NC(=O)[C@H](CCC(N)=O)NC(=O)[C@@H](NC(=O)[C@H](CCCCN)NC(=O)CNC(C)=O)C(C)C)C(=O)N[C@H](C(=O)N[C@@H](CC(N)=O)C(=O)N[C@@H](CCCCN)C(=O)N[C@@H](CCCCN)C(=O)N[C@@H](CC(C)C)C(=O)N[C@@H](CC(=O)O)C(=O)N[C@@H](CC(C)C)C(N)=O)[C@@H](C)CC. The van der Waals surface area contributed by atoms with Crippen LogP contribution < -0.4 is 98.2 Å². The molecule has 99 heavy (non-hydrogen) atoms. The zero-order valence-corrected chi connectivity index (χ0v) is 59.5. The van der Waals surface area contributed by atoms with Gasteiger partial charge < -0.3 is 103 Å². The summed E-state index contributed by atoms with van der Waals surface area (Å²) in [5, 5.41) is 40.1. The number of carbonyl (C=O) groups is 16. The Hall–Kier alpha value is -8.60. The van der Waals surface area contributed by atoms with E-state index in [0.29, 0.717) is 25.7 Å². The average Bonchev–Trinajstić information content (AvgIpc) is 0.888. The highest BCUT2D eigenvalue weighted by atomic mass is 16.4. The zero-order valence-electron chi connectivity index (χ0n) is 59.5. The van der Waals surface area contributed by atoms with Gasteiger partial charge in [-0.15, -0.1) is 0 Å². The van der Waals surface area contributed by atoms with Crippen molar-refractivity contribution in [2.75, 3.05) is 26.2 Å². The molecule has 13 atom stereocenters. The Balaban J connectivity index is 7.15. The highest BCUT2D eigenvalue weighted by molar-refractivity contribution is 6.01. The van der Waals surface area contributed by atoms with Gasteiger partial charge in [-0.05, 0) is 126 Å². The Morgan fingerprint density at radius 2 is 0.687 bits per heavy atom. The van der Waals surface area contributed by atoms with Crippen molar-refractivity contribution in [1.29, 1.82) is 0 Å². The molecule has 0 aliphatic heterocycles. The standard InChI is InChI=1S/C64H116N18O17/c1-12-36(9)52(82-64(99)53(37(10)13-2)81-58(93)42(23-24-47(68)84)75-62(97)51(35(7)8)80-57(92)39(20-14-17-25-65)72-49(86)32-71-38(11)83)63(98)79-45(30-48(69)85)60(95)74-40(21-15-18-26-66)55(90)73-41(22-16-19-27-67)56(91)77-44(29-34(5)6)59(94)78-46(31-50(87)88)61(96)76-43(54(70)89)28-33(3)4/h33-37,39-46,51-53H,12-32,65-67H2,1-11H3,(H2,68,84)(H2,69,85)(H2,70,89)(H,71,83)(H,72,86)(H,73,90)(H,74,95)(H,75,97)(H,76,96)(H,77,91)(H,78,94)(H,79,98)(H,80,92)(H,81,93)(H,82,99)(H,87,88)/t36-,37-,39-,40-,41-,42-,43-,44-,45-,46-,51-,52-,53-/m0/s1. The molecule has 0 aromatic rings. The van der Waals surface area contributed by atoms with Crippen molar-refractivity contribution in [3.8, 4) is 0 Å². The van der Waals surface area contributed by atoms with Crippen LogP contribution in [0.5, 0.6) is 0 Å². The Morgan fingerprint density at radius 3 is 1.08 bits per heavy atom. The predicted octanol–water partition coefficient (Wildman–Crippen LogP) is -4.22. The molecule has 35 heteroatoms. The fourth-order valence-electron chi connectivity index (χ4n) is 10.1. The number of carboxylic acid groups (broad SMARTS) is 1. The van der Waals surface area contributed by atoms with Crippen LogP contribution in [0.1, 0.15) is 185 Å². The molecular weight excluding hydrogens is 1290 g/mol. The van der Waals surface area contributed by atoms with Crippen LogP contribution in [0, 0.1) is 29.6 Å². The van der Waals surface area contributed by atoms with Gasteiger partial charge in [0.2, 0.25) is 88.6 Å². The number of carbonyl (C=O) groups excluding carboxylic acids is 15. The second-order valence-corrected chi connectivity index (χ2v) is 26.2. The number of aliphatic carboxylic acids is 1. The van der Waals surface area contributed by atoms with Crippen LogP contribution in [0.4, 0.5) is 0 Å². The van der Waals surface area contributed by atoms with E-state index in [0.717, 1.165) is 0 Å². The fraction of sp³-hybridized carbons (Fsp3) is 0.750. The van der Waals surface area contributed by atoms with Crippen LogP contribution in [0.3, 0.4) is 0 Å². The molecule has 35 nitrogen and oxygen atoms in total. The van der Waals surface area contributed by atoms with E-state index in [2.05, 4.69) is 63.8 Å². The number of amides is 15. The zero-order chi connectivity index (χ0) is 75.8. The first kappa shape index (κ1) is 90.4. The molecule has 0 rings (SSSR count). The summed E-state index contributed by atoms with van der Waals surface area (Å²) in [6.07, 6.45) is -0.0254. The van der Waals surface area contributed by atoms with E-state index in [9.17, 15) is 81.8 Å². The Labute approximate surface area is 580 Å². The second kappa shape index (κ2) is 48.2. The number of rotatable bonds is 52. The molecule has 0 bridgehead atoms. The quantitative estimate of drug-likeness (QED) is 0.0257. The van der Waals surface area contributed by atoms with E-state index >= 15 is 0 Å². The summed E-state index contributed by atoms with van der Waals surface area (Å²) in [6.45, 7) is 18.2. The number of nitrogens with two attached hydrogens (primary N) is 6. The smallest absolute Gasteiger partial charge is 0.305 e. The van der Waals surface area contributed by atoms with Crippen LogP contribution >= 0.6 is 0 Å². The molecule has 0 heterocycles. The van der Waals surface area contributed by atoms with Gasteiger partial charge in [0.15, 0.2) is 0 Å². The van der Waals surface area contributed by atoms with Crippen molar-refractivity contribution in [2.24, 2.45) is 64.0 Å². The summed E-state index contributed by atoms with van der Waals surface area (Å²) in [5.41, 5.74) is 33.8. The molecule has 0 radical (unpaired) electrons. The van der Waals surface area contributed by atoms with Crippen molar-refractivity contribution >= 4 is 94.6 Å². The molecule has 0 aliphatic carbocycles. The molecule has 0 saturated carbocycles. The maximum Gasteiger partial charge on any atom is 0.305 e. The van der Waals surface area contributed by atoms with Gasteiger partial charge in [-0.2, -0.15) is 0 Å². The lowest BCUT2D eigenvalue weighted by Crippen LogP contribution is -2.62. The maximum atomic E-state index is 14.6. The van der Waals surface area contributed by atoms with E-state index in [1.807, 2.05) is 0 Å². The predicted molar refractivity (Wildman–Crippen MR) is 365 cm³/mol. The summed E-state index contributed by atoms with van der Waals surface area (Å²) in [6, 6.07) is -16.1. The minimum Gasteiger partial charge on any atom is -0.481 e. The molecule has 0 aromatic heterocycles. The topological polar surface area (TPSA) is 594 Å². The lowest BCUT2D eigenvalue weighted by atomic mass is 9.94. The van der Waals surface area contributed by atoms with E-state index in [1.54, 1.807) is 69.2 Å². The van der Waals surface area contributed by atoms with Gasteiger partial charge in [-0.1, -0.05) is 82.1 Å².